The van der Waals surface area contributed by atoms with Gasteiger partial charge < -0.3 is 14.7 Å². The van der Waals surface area contributed by atoms with E-state index >= 15 is 4.39 Å². The molecular weight excluding hydrogens is 502 g/mol. The van der Waals surface area contributed by atoms with Crippen molar-refractivity contribution in [3.05, 3.63) is 63.7 Å². The summed E-state index contributed by atoms with van der Waals surface area (Å²) in [5.41, 5.74) is 1.36. The van der Waals surface area contributed by atoms with Gasteiger partial charge in [0, 0.05) is 36.1 Å². The molecule has 3 fully saturated rings. The Kier molecular flexibility index (Phi) is 7.16. The first-order valence-electron chi connectivity index (χ1n) is 12.8. The second-order valence-electron chi connectivity index (χ2n) is 11.0. The molecule has 2 aliphatic heterocycles. The van der Waals surface area contributed by atoms with E-state index in [1.54, 1.807) is 12.1 Å². The summed E-state index contributed by atoms with van der Waals surface area (Å²) >= 11 is 6.00. The van der Waals surface area contributed by atoms with E-state index in [4.69, 9.17) is 16.3 Å². The smallest absolute Gasteiger partial charge is 0.326 e. The number of carbonyl (C=O) groups is 2. The van der Waals surface area contributed by atoms with Crippen molar-refractivity contribution in [2.24, 2.45) is 5.41 Å². The predicted molar refractivity (Wildman–Crippen MR) is 135 cm³/mol. The number of nitrogens with zero attached hydrogens (tertiary/aromatic N) is 2. The van der Waals surface area contributed by atoms with Crippen molar-refractivity contribution < 1.29 is 28.2 Å². The number of halogens is 3. The van der Waals surface area contributed by atoms with Crippen LogP contribution >= 0.6 is 11.6 Å². The Morgan fingerprint density at radius 3 is 2.62 bits per heavy atom. The van der Waals surface area contributed by atoms with E-state index in [0.29, 0.717) is 43.3 Å². The quantitative estimate of drug-likeness (QED) is 0.488. The summed E-state index contributed by atoms with van der Waals surface area (Å²) in [5.74, 6) is -2.03. The van der Waals surface area contributed by atoms with Crippen LogP contribution in [-0.4, -0.2) is 59.1 Å². The minimum absolute atomic E-state index is 0.0885. The van der Waals surface area contributed by atoms with Gasteiger partial charge in [-0.1, -0.05) is 18.5 Å². The number of hydrogen-bond acceptors (Lipinski definition) is 4. The molecule has 0 aromatic heterocycles. The van der Waals surface area contributed by atoms with Gasteiger partial charge in [-0.25, -0.2) is 13.6 Å². The fourth-order valence-corrected chi connectivity index (χ4v) is 5.83. The number of carboxylic acids is 1. The third-order valence-corrected chi connectivity index (χ3v) is 7.91. The molecule has 6 nitrogen and oxygen atoms in total. The molecule has 1 saturated carbocycles. The average Bonchev–Trinajstić information content (AvgIpc) is 3.42. The van der Waals surface area contributed by atoms with E-state index in [0.717, 1.165) is 43.5 Å². The third kappa shape index (κ3) is 5.75. The van der Waals surface area contributed by atoms with Crippen molar-refractivity contribution in [1.29, 1.82) is 0 Å². The summed E-state index contributed by atoms with van der Waals surface area (Å²) in [5, 5.41) is 9.81. The summed E-state index contributed by atoms with van der Waals surface area (Å²) in [6.45, 7) is 4.96. The molecule has 9 heteroatoms. The number of amides is 1. The summed E-state index contributed by atoms with van der Waals surface area (Å²) in [6, 6.07) is 6.49. The molecule has 37 heavy (non-hydrogen) atoms. The highest BCUT2D eigenvalue weighted by atomic mass is 35.5. The predicted octanol–water partition coefficient (Wildman–Crippen LogP) is 5.48. The van der Waals surface area contributed by atoms with Crippen molar-refractivity contribution in [3.8, 4) is 5.75 Å². The highest BCUT2D eigenvalue weighted by molar-refractivity contribution is 6.30. The van der Waals surface area contributed by atoms with Crippen molar-refractivity contribution in [2.75, 3.05) is 26.2 Å². The molecule has 0 radical (unpaired) electrons. The first-order chi connectivity index (χ1) is 17.6. The first kappa shape index (κ1) is 25.9. The zero-order chi connectivity index (χ0) is 26.3. The van der Waals surface area contributed by atoms with Crippen LogP contribution in [-0.2, 0) is 11.3 Å². The van der Waals surface area contributed by atoms with Crippen molar-refractivity contribution in [2.45, 2.75) is 57.5 Å². The van der Waals surface area contributed by atoms with Crippen LogP contribution in [0.4, 0.5) is 8.78 Å². The van der Waals surface area contributed by atoms with Gasteiger partial charge in [-0.05, 0) is 80.0 Å². The van der Waals surface area contributed by atoms with Crippen molar-refractivity contribution in [1.82, 2.24) is 9.80 Å². The molecule has 1 amide bonds. The lowest BCUT2D eigenvalue weighted by molar-refractivity contribution is -0.141. The van der Waals surface area contributed by atoms with E-state index in [2.05, 4.69) is 11.8 Å². The van der Waals surface area contributed by atoms with E-state index < -0.39 is 23.7 Å². The minimum atomic E-state index is -1.06. The second-order valence-corrected chi connectivity index (χ2v) is 11.4. The fourth-order valence-electron chi connectivity index (χ4n) is 5.59. The topological polar surface area (TPSA) is 70.1 Å². The zero-order valence-corrected chi connectivity index (χ0v) is 21.6. The van der Waals surface area contributed by atoms with Gasteiger partial charge in [-0.2, -0.15) is 0 Å². The molecule has 2 unspecified atom stereocenters. The third-order valence-electron chi connectivity index (χ3n) is 7.69. The Balaban J connectivity index is 1.28. The number of ether oxygens (including phenoxy) is 1. The number of likely N-dealkylation sites (tertiary alicyclic amines) is 2. The maximum atomic E-state index is 15.2. The molecule has 2 aromatic carbocycles. The second kappa shape index (κ2) is 10.2. The highest BCUT2D eigenvalue weighted by Crippen LogP contribution is 2.46. The normalized spacial score (nSPS) is 24.0. The number of aliphatic carboxylic acids is 1. The van der Waals surface area contributed by atoms with Gasteiger partial charge in [-0.3, -0.25) is 9.69 Å². The van der Waals surface area contributed by atoms with E-state index in [1.807, 2.05) is 0 Å². The zero-order valence-electron chi connectivity index (χ0n) is 20.8. The number of carboxylic acid groups (broad SMARTS) is 1. The van der Waals surface area contributed by atoms with Crippen LogP contribution in [0, 0.1) is 17.0 Å². The Bertz CT molecular complexity index is 1200. The van der Waals surface area contributed by atoms with Gasteiger partial charge in [0.05, 0.1) is 12.2 Å². The van der Waals surface area contributed by atoms with Gasteiger partial charge >= 0.3 is 5.97 Å². The Morgan fingerprint density at radius 1 is 1.14 bits per heavy atom. The Hall–Kier alpha value is -2.71. The summed E-state index contributed by atoms with van der Waals surface area (Å²) < 4.78 is 35.1. The summed E-state index contributed by atoms with van der Waals surface area (Å²) in [7, 11) is 0. The maximum absolute atomic E-state index is 15.2. The van der Waals surface area contributed by atoms with Gasteiger partial charge in [0.1, 0.15) is 23.4 Å². The van der Waals surface area contributed by atoms with Gasteiger partial charge in [-0.15, -0.1) is 0 Å². The number of rotatable bonds is 8. The largest absolute Gasteiger partial charge is 0.493 e. The molecule has 2 heterocycles. The molecule has 1 aliphatic carbocycles. The molecule has 198 valence electrons. The van der Waals surface area contributed by atoms with Crippen LogP contribution in [0.3, 0.4) is 0 Å². The van der Waals surface area contributed by atoms with Crippen LogP contribution in [0.5, 0.6) is 5.75 Å². The highest BCUT2D eigenvalue weighted by Gasteiger charge is 2.38. The fraction of sp³-hybridized carbons (Fsp3) is 0.500. The number of carbonyl (C=O) groups excluding carboxylic acids is 1. The number of hydrogen-bond donors (Lipinski definition) is 1. The minimum Gasteiger partial charge on any atom is -0.493 e. The van der Waals surface area contributed by atoms with E-state index in [1.165, 1.54) is 23.1 Å². The van der Waals surface area contributed by atoms with Crippen LogP contribution in [0.25, 0.3) is 0 Å². The Morgan fingerprint density at radius 2 is 1.92 bits per heavy atom. The molecule has 0 bridgehead atoms. The van der Waals surface area contributed by atoms with Crippen molar-refractivity contribution in [3.63, 3.8) is 0 Å². The molecular formula is C28H31ClF2N2O4. The molecule has 5 rings (SSSR count). The van der Waals surface area contributed by atoms with Gasteiger partial charge in [0.15, 0.2) is 0 Å². The molecule has 3 aliphatic rings. The monoisotopic (exact) mass is 532 g/mol. The van der Waals surface area contributed by atoms with Gasteiger partial charge in [0.25, 0.3) is 5.91 Å². The van der Waals surface area contributed by atoms with E-state index in [-0.39, 0.29) is 22.7 Å². The molecule has 0 spiro atoms. The average molecular weight is 533 g/mol. The molecule has 2 aromatic rings. The molecule has 2 atom stereocenters. The molecule has 1 N–H and O–H groups in total. The van der Waals surface area contributed by atoms with Crippen LogP contribution in [0.15, 0.2) is 30.3 Å². The van der Waals surface area contributed by atoms with Crippen LogP contribution in [0.1, 0.15) is 66.4 Å². The molecule has 2 saturated heterocycles. The van der Waals surface area contributed by atoms with E-state index in [9.17, 15) is 19.1 Å². The Labute approximate surface area is 220 Å². The summed E-state index contributed by atoms with van der Waals surface area (Å²) in [4.78, 5) is 28.1. The first-order valence-corrected chi connectivity index (χ1v) is 13.2. The maximum Gasteiger partial charge on any atom is 0.326 e. The lowest BCUT2D eigenvalue weighted by Crippen LogP contribution is -2.40. The SMILES string of the molecule is CC1(COc2cc(F)c(C(=O)N3CCCC3C(=O)O)cc2C2CC2)CCN(Cc2cc(F)cc(Cl)c2)C1. The number of benzene rings is 2. The lowest BCUT2D eigenvalue weighted by atomic mass is 9.91. The van der Waals surface area contributed by atoms with Crippen LogP contribution in [0.2, 0.25) is 5.02 Å². The standard InChI is InChI=1S/C28H31ClF2N2O4/c1-28(6-8-32(15-28)14-17-9-19(29)11-20(30)10-17)16-37-25-13-23(31)22(12-21(25)18-4-5-18)26(34)33-7-2-3-24(33)27(35)36/h9-13,18,24H,2-8,14-16H2,1H3,(H,35,36). The summed E-state index contributed by atoms with van der Waals surface area (Å²) in [6.07, 6.45) is 3.72. The lowest BCUT2D eigenvalue weighted by Gasteiger charge is -2.26. The van der Waals surface area contributed by atoms with Crippen molar-refractivity contribution >= 4 is 23.5 Å². The van der Waals surface area contributed by atoms with Gasteiger partial charge in [0.2, 0.25) is 0 Å². The van der Waals surface area contributed by atoms with Crippen LogP contribution < -0.4 is 4.74 Å².